The summed E-state index contributed by atoms with van der Waals surface area (Å²) in [5.74, 6) is 0.537. The zero-order valence-corrected chi connectivity index (χ0v) is 9.26. The lowest BCUT2D eigenvalue weighted by molar-refractivity contribution is 0.436. The summed E-state index contributed by atoms with van der Waals surface area (Å²) in [5.41, 5.74) is 8.74. The molecule has 0 atom stereocenters. The van der Waals surface area contributed by atoms with Crippen LogP contribution < -0.4 is 5.73 Å². The number of anilines is 1. The van der Waals surface area contributed by atoms with Crippen molar-refractivity contribution in [1.82, 2.24) is 14.6 Å². The number of nitrogens with two attached hydrogens (primary N) is 1. The van der Waals surface area contributed by atoms with Crippen LogP contribution in [0.2, 0.25) is 0 Å². The van der Waals surface area contributed by atoms with Crippen molar-refractivity contribution < 1.29 is 0 Å². The van der Waals surface area contributed by atoms with Crippen molar-refractivity contribution in [2.45, 2.75) is 38.0 Å². The van der Waals surface area contributed by atoms with Crippen LogP contribution in [0.5, 0.6) is 0 Å². The highest BCUT2D eigenvalue weighted by atomic mass is 15.3. The van der Waals surface area contributed by atoms with Crippen molar-refractivity contribution in [3.8, 4) is 0 Å². The Balaban J connectivity index is 2.05. The van der Waals surface area contributed by atoms with Crippen molar-refractivity contribution in [2.75, 3.05) is 5.73 Å². The van der Waals surface area contributed by atoms with Gasteiger partial charge >= 0.3 is 0 Å². The maximum absolute atomic E-state index is 6.12. The van der Waals surface area contributed by atoms with E-state index in [-0.39, 0.29) is 0 Å². The number of hydrogen-bond acceptors (Lipinski definition) is 3. The monoisotopic (exact) mass is 216 g/mol. The fourth-order valence-electron chi connectivity index (χ4n) is 2.60. The Kier molecular flexibility index (Phi) is 2.27. The van der Waals surface area contributed by atoms with E-state index in [2.05, 4.69) is 10.1 Å². The standard InChI is InChI=1S/C12H16N4/c13-10-11(9-5-2-1-3-6-9)15-16-8-4-7-14-12(10)16/h4,7-9H,1-3,5-6,13H2. The second-order valence-corrected chi connectivity index (χ2v) is 4.52. The van der Waals surface area contributed by atoms with E-state index in [0.717, 1.165) is 17.0 Å². The Labute approximate surface area is 94.5 Å². The van der Waals surface area contributed by atoms with Crippen LogP contribution in [0.3, 0.4) is 0 Å². The summed E-state index contributed by atoms with van der Waals surface area (Å²) >= 11 is 0. The third-order valence-corrected chi connectivity index (χ3v) is 3.45. The van der Waals surface area contributed by atoms with Gasteiger partial charge in [0.05, 0.1) is 5.69 Å². The van der Waals surface area contributed by atoms with Crippen LogP contribution in [0.25, 0.3) is 5.65 Å². The molecular formula is C12H16N4. The number of aromatic nitrogens is 3. The van der Waals surface area contributed by atoms with Gasteiger partial charge in [-0.1, -0.05) is 19.3 Å². The minimum absolute atomic E-state index is 0.537. The van der Waals surface area contributed by atoms with Gasteiger partial charge in [0.2, 0.25) is 0 Å². The molecular weight excluding hydrogens is 200 g/mol. The molecule has 1 saturated carbocycles. The molecule has 2 aromatic heterocycles. The van der Waals surface area contributed by atoms with E-state index >= 15 is 0 Å². The van der Waals surface area contributed by atoms with Crippen molar-refractivity contribution in [3.63, 3.8) is 0 Å². The molecule has 0 unspecified atom stereocenters. The molecule has 0 amide bonds. The van der Waals surface area contributed by atoms with Gasteiger partial charge in [-0.15, -0.1) is 0 Å². The topological polar surface area (TPSA) is 56.2 Å². The van der Waals surface area contributed by atoms with Crippen LogP contribution >= 0.6 is 0 Å². The first-order chi connectivity index (χ1) is 7.86. The van der Waals surface area contributed by atoms with Gasteiger partial charge in [0.25, 0.3) is 0 Å². The van der Waals surface area contributed by atoms with Crippen LogP contribution in [0.1, 0.15) is 43.7 Å². The fraction of sp³-hybridized carbons (Fsp3) is 0.500. The normalized spacial score (nSPS) is 18.0. The van der Waals surface area contributed by atoms with Crippen LogP contribution in [0.15, 0.2) is 18.5 Å². The zero-order valence-electron chi connectivity index (χ0n) is 9.26. The van der Waals surface area contributed by atoms with Gasteiger partial charge < -0.3 is 5.73 Å². The van der Waals surface area contributed by atoms with E-state index in [1.54, 1.807) is 10.7 Å². The first-order valence-electron chi connectivity index (χ1n) is 5.95. The van der Waals surface area contributed by atoms with Crippen LogP contribution in [0.4, 0.5) is 5.69 Å². The Hall–Kier alpha value is -1.58. The van der Waals surface area contributed by atoms with Crippen LogP contribution in [-0.4, -0.2) is 14.6 Å². The molecule has 0 saturated heterocycles. The predicted octanol–water partition coefficient (Wildman–Crippen LogP) is 2.36. The summed E-state index contributed by atoms with van der Waals surface area (Å²) in [4.78, 5) is 4.27. The molecule has 4 heteroatoms. The van der Waals surface area contributed by atoms with Gasteiger partial charge in [0.1, 0.15) is 5.69 Å². The lowest BCUT2D eigenvalue weighted by Gasteiger charge is -2.19. The molecule has 3 rings (SSSR count). The number of rotatable bonds is 1. The second kappa shape index (κ2) is 3.77. The van der Waals surface area contributed by atoms with Crippen molar-refractivity contribution in [2.24, 2.45) is 0 Å². The van der Waals surface area contributed by atoms with E-state index < -0.39 is 0 Å². The van der Waals surface area contributed by atoms with Crippen molar-refractivity contribution in [1.29, 1.82) is 0 Å². The number of fused-ring (bicyclic) bond motifs is 1. The zero-order chi connectivity index (χ0) is 11.0. The SMILES string of the molecule is Nc1c(C2CCCCC2)nn2cccnc12. The predicted molar refractivity (Wildman–Crippen MR) is 63.2 cm³/mol. The summed E-state index contributed by atoms with van der Waals surface area (Å²) < 4.78 is 1.79. The number of nitrogen functional groups attached to an aromatic ring is 1. The lowest BCUT2D eigenvalue weighted by atomic mass is 9.86. The molecule has 1 aliphatic carbocycles. The average molecular weight is 216 g/mol. The molecule has 16 heavy (non-hydrogen) atoms. The summed E-state index contributed by atoms with van der Waals surface area (Å²) in [7, 11) is 0. The number of hydrogen-bond donors (Lipinski definition) is 1. The molecule has 84 valence electrons. The van der Waals surface area contributed by atoms with Crippen LogP contribution in [0, 0.1) is 0 Å². The molecule has 1 fully saturated rings. The van der Waals surface area contributed by atoms with Gasteiger partial charge in [-0.2, -0.15) is 5.10 Å². The molecule has 2 N–H and O–H groups in total. The summed E-state index contributed by atoms with van der Waals surface area (Å²) in [6, 6.07) is 1.88. The second-order valence-electron chi connectivity index (χ2n) is 4.52. The van der Waals surface area contributed by atoms with Gasteiger partial charge in [-0.3, -0.25) is 0 Å². The highest BCUT2D eigenvalue weighted by molar-refractivity contribution is 5.67. The molecule has 2 aromatic rings. The van der Waals surface area contributed by atoms with E-state index in [0.29, 0.717) is 5.92 Å². The highest BCUT2D eigenvalue weighted by Crippen LogP contribution is 2.35. The summed E-state index contributed by atoms with van der Waals surface area (Å²) in [6.07, 6.45) is 10.0. The average Bonchev–Trinajstić information content (AvgIpc) is 2.69. The minimum Gasteiger partial charge on any atom is -0.394 e. The van der Waals surface area contributed by atoms with E-state index in [1.807, 2.05) is 12.3 Å². The number of nitrogens with zero attached hydrogens (tertiary/aromatic N) is 3. The van der Waals surface area contributed by atoms with Gasteiger partial charge in [-0.25, -0.2) is 9.50 Å². The minimum atomic E-state index is 0.537. The Bertz CT molecular complexity index is 497. The molecule has 0 spiro atoms. The van der Waals surface area contributed by atoms with Gasteiger partial charge in [-0.05, 0) is 18.9 Å². The van der Waals surface area contributed by atoms with Crippen LogP contribution in [-0.2, 0) is 0 Å². The first-order valence-corrected chi connectivity index (χ1v) is 5.95. The van der Waals surface area contributed by atoms with Crippen molar-refractivity contribution >= 4 is 11.3 Å². The maximum Gasteiger partial charge on any atom is 0.178 e. The smallest absolute Gasteiger partial charge is 0.178 e. The van der Waals surface area contributed by atoms with Gasteiger partial charge in [0.15, 0.2) is 5.65 Å². The third-order valence-electron chi connectivity index (χ3n) is 3.45. The highest BCUT2D eigenvalue weighted by Gasteiger charge is 2.22. The Morgan fingerprint density at radius 3 is 2.81 bits per heavy atom. The van der Waals surface area contributed by atoms with E-state index in [1.165, 1.54) is 32.1 Å². The Morgan fingerprint density at radius 2 is 2.06 bits per heavy atom. The summed E-state index contributed by atoms with van der Waals surface area (Å²) in [5, 5.41) is 4.57. The summed E-state index contributed by atoms with van der Waals surface area (Å²) in [6.45, 7) is 0. The lowest BCUT2D eigenvalue weighted by Crippen LogP contribution is -2.07. The third kappa shape index (κ3) is 1.45. The first kappa shape index (κ1) is 9.63. The largest absolute Gasteiger partial charge is 0.394 e. The fourth-order valence-corrected chi connectivity index (χ4v) is 2.60. The molecule has 4 nitrogen and oxygen atoms in total. The molecule has 0 radical (unpaired) electrons. The molecule has 2 heterocycles. The molecule has 0 aromatic carbocycles. The molecule has 1 aliphatic rings. The Morgan fingerprint density at radius 1 is 1.25 bits per heavy atom. The van der Waals surface area contributed by atoms with Crippen molar-refractivity contribution in [3.05, 3.63) is 24.2 Å². The quantitative estimate of drug-likeness (QED) is 0.796. The molecule has 0 aliphatic heterocycles. The van der Waals surface area contributed by atoms with E-state index in [9.17, 15) is 0 Å². The van der Waals surface area contributed by atoms with Gasteiger partial charge in [0, 0.05) is 18.3 Å². The van der Waals surface area contributed by atoms with E-state index in [4.69, 9.17) is 5.73 Å². The maximum atomic E-state index is 6.12. The molecule has 0 bridgehead atoms.